The van der Waals surface area contributed by atoms with Gasteiger partial charge in [-0.15, -0.1) is 0 Å². The van der Waals surface area contributed by atoms with Gasteiger partial charge in [0.25, 0.3) is 0 Å². The molecular weight excluding hydrogens is 260 g/mol. The number of ether oxygens (including phenoxy) is 1. The first kappa shape index (κ1) is 16.4. The lowest BCUT2D eigenvalue weighted by molar-refractivity contribution is -0.385. The summed E-state index contributed by atoms with van der Waals surface area (Å²) in [5, 5.41) is 22.9. The standard InChI is InChI=1S/C14H22N2O4/c1-11(2)9-15-10-12-4-5-13(16(18)19)14(8-12)20-7-3-6-17/h4-5,8,11,15,17H,3,6-7,9-10H2,1-2H3. The van der Waals surface area contributed by atoms with Gasteiger partial charge in [-0.05, 0) is 24.1 Å². The largest absolute Gasteiger partial charge is 0.487 e. The van der Waals surface area contributed by atoms with Crippen LogP contribution in [0.25, 0.3) is 0 Å². The van der Waals surface area contributed by atoms with Crippen molar-refractivity contribution in [1.29, 1.82) is 0 Å². The SMILES string of the molecule is CC(C)CNCc1ccc([N+](=O)[O-])c(OCCCO)c1. The van der Waals surface area contributed by atoms with E-state index in [2.05, 4.69) is 19.2 Å². The molecule has 1 rings (SSSR count). The zero-order valence-corrected chi connectivity index (χ0v) is 12.0. The predicted octanol–water partition coefficient (Wildman–Crippen LogP) is 2.10. The van der Waals surface area contributed by atoms with E-state index in [1.807, 2.05) is 0 Å². The third kappa shape index (κ3) is 5.54. The van der Waals surface area contributed by atoms with Gasteiger partial charge < -0.3 is 15.2 Å². The average Bonchev–Trinajstić information content (AvgIpc) is 2.38. The molecule has 112 valence electrons. The Morgan fingerprint density at radius 3 is 2.80 bits per heavy atom. The minimum absolute atomic E-state index is 0.00341. The van der Waals surface area contributed by atoms with E-state index >= 15 is 0 Å². The van der Waals surface area contributed by atoms with Crippen molar-refractivity contribution < 1.29 is 14.8 Å². The topological polar surface area (TPSA) is 84.6 Å². The average molecular weight is 282 g/mol. The van der Waals surface area contributed by atoms with Crippen LogP contribution in [0.3, 0.4) is 0 Å². The van der Waals surface area contributed by atoms with Gasteiger partial charge in [0, 0.05) is 25.6 Å². The minimum atomic E-state index is -0.459. The molecule has 0 spiro atoms. The molecule has 0 saturated heterocycles. The number of nitrogens with one attached hydrogen (secondary N) is 1. The Hall–Kier alpha value is -1.66. The van der Waals surface area contributed by atoms with Gasteiger partial charge in [-0.1, -0.05) is 19.9 Å². The number of hydrogen-bond donors (Lipinski definition) is 2. The highest BCUT2D eigenvalue weighted by atomic mass is 16.6. The summed E-state index contributed by atoms with van der Waals surface area (Å²) in [5.41, 5.74) is 0.894. The number of nitrogens with zero attached hydrogens (tertiary/aromatic N) is 1. The number of nitro groups is 1. The molecule has 0 aliphatic heterocycles. The second-order valence-corrected chi connectivity index (χ2v) is 5.01. The summed E-state index contributed by atoms with van der Waals surface area (Å²) in [6.07, 6.45) is 0.451. The van der Waals surface area contributed by atoms with Crippen LogP contribution in [0.2, 0.25) is 0 Å². The van der Waals surface area contributed by atoms with Crippen molar-refractivity contribution >= 4 is 5.69 Å². The lowest BCUT2D eigenvalue weighted by Gasteiger charge is -2.10. The van der Waals surface area contributed by atoms with Gasteiger partial charge in [0.05, 0.1) is 11.5 Å². The van der Waals surface area contributed by atoms with Crippen LogP contribution < -0.4 is 10.1 Å². The molecule has 0 bridgehead atoms. The molecule has 1 aromatic carbocycles. The molecule has 0 atom stereocenters. The fourth-order valence-electron chi connectivity index (χ4n) is 1.69. The second-order valence-electron chi connectivity index (χ2n) is 5.01. The summed E-state index contributed by atoms with van der Waals surface area (Å²) >= 11 is 0. The first-order valence-electron chi connectivity index (χ1n) is 6.76. The molecule has 2 N–H and O–H groups in total. The number of rotatable bonds is 9. The number of aliphatic hydroxyl groups is 1. The molecule has 0 amide bonds. The highest BCUT2D eigenvalue weighted by Gasteiger charge is 2.15. The van der Waals surface area contributed by atoms with E-state index in [9.17, 15) is 10.1 Å². The third-order valence-electron chi connectivity index (χ3n) is 2.66. The molecule has 0 saturated carbocycles. The zero-order chi connectivity index (χ0) is 15.0. The van der Waals surface area contributed by atoms with Crippen LogP contribution in [0.15, 0.2) is 18.2 Å². The minimum Gasteiger partial charge on any atom is -0.487 e. The highest BCUT2D eigenvalue weighted by molar-refractivity contribution is 5.48. The first-order chi connectivity index (χ1) is 9.54. The first-order valence-corrected chi connectivity index (χ1v) is 6.76. The fraction of sp³-hybridized carbons (Fsp3) is 0.571. The third-order valence-corrected chi connectivity index (χ3v) is 2.66. The van der Waals surface area contributed by atoms with Crippen LogP contribution in [0, 0.1) is 16.0 Å². The van der Waals surface area contributed by atoms with Crippen molar-refractivity contribution in [3.05, 3.63) is 33.9 Å². The van der Waals surface area contributed by atoms with Gasteiger partial charge in [0.15, 0.2) is 5.75 Å². The Bertz CT molecular complexity index is 435. The number of aliphatic hydroxyl groups excluding tert-OH is 1. The molecule has 6 nitrogen and oxygen atoms in total. The summed E-state index contributed by atoms with van der Waals surface area (Å²) in [6.45, 7) is 6.03. The molecule has 0 heterocycles. The molecule has 0 unspecified atom stereocenters. The van der Waals surface area contributed by atoms with Crippen LogP contribution in [-0.4, -0.2) is 29.8 Å². The monoisotopic (exact) mass is 282 g/mol. The van der Waals surface area contributed by atoms with Crippen molar-refractivity contribution in [2.45, 2.75) is 26.8 Å². The number of benzene rings is 1. The van der Waals surface area contributed by atoms with Crippen molar-refractivity contribution in [3.8, 4) is 5.75 Å². The lowest BCUT2D eigenvalue weighted by Crippen LogP contribution is -2.19. The van der Waals surface area contributed by atoms with E-state index in [1.54, 1.807) is 12.1 Å². The molecule has 6 heteroatoms. The molecule has 0 radical (unpaired) electrons. The summed E-state index contributed by atoms with van der Waals surface area (Å²) < 4.78 is 5.38. The van der Waals surface area contributed by atoms with Crippen molar-refractivity contribution in [1.82, 2.24) is 5.32 Å². The number of hydrogen-bond acceptors (Lipinski definition) is 5. The summed E-state index contributed by atoms with van der Waals surface area (Å²) in [5.74, 6) is 0.806. The Labute approximate surface area is 118 Å². The van der Waals surface area contributed by atoms with Gasteiger partial charge >= 0.3 is 5.69 Å². The Kier molecular flexibility index (Phi) is 6.97. The van der Waals surface area contributed by atoms with Gasteiger partial charge in [-0.3, -0.25) is 10.1 Å². The fourth-order valence-corrected chi connectivity index (χ4v) is 1.69. The molecule has 0 fully saturated rings. The van der Waals surface area contributed by atoms with E-state index in [-0.39, 0.29) is 24.7 Å². The second kappa shape index (κ2) is 8.50. The van der Waals surface area contributed by atoms with Crippen molar-refractivity contribution in [2.24, 2.45) is 5.92 Å². The van der Waals surface area contributed by atoms with E-state index in [0.29, 0.717) is 18.9 Å². The summed E-state index contributed by atoms with van der Waals surface area (Å²) in [6, 6.07) is 4.87. The molecule has 0 aromatic heterocycles. The molecular formula is C14H22N2O4. The molecule has 0 aliphatic rings. The van der Waals surface area contributed by atoms with Crippen LogP contribution >= 0.6 is 0 Å². The number of nitro benzene ring substituents is 1. The van der Waals surface area contributed by atoms with Crippen LogP contribution in [-0.2, 0) is 6.54 Å². The normalized spacial score (nSPS) is 10.8. The van der Waals surface area contributed by atoms with E-state index in [1.165, 1.54) is 6.07 Å². The van der Waals surface area contributed by atoms with Gasteiger partial charge in [-0.25, -0.2) is 0 Å². The van der Waals surface area contributed by atoms with Gasteiger partial charge in [0.1, 0.15) is 0 Å². The Morgan fingerprint density at radius 1 is 1.45 bits per heavy atom. The van der Waals surface area contributed by atoms with Gasteiger partial charge in [0.2, 0.25) is 0 Å². The maximum atomic E-state index is 10.9. The van der Waals surface area contributed by atoms with Gasteiger partial charge in [-0.2, -0.15) is 0 Å². The van der Waals surface area contributed by atoms with E-state index < -0.39 is 4.92 Å². The molecule has 1 aromatic rings. The maximum Gasteiger partial charge on any atom is 0.310 e. The maximum absolute atomic E-state index is 10.9. The Morgan fingerprint density at radius 2 is 2.20 bits per heavy atom. The van der Waals surface area contributed by atoms with Crippen molar-refractivity contribution in [2.75, 3.05) is 19.8 Å². The summed E-state index contributed by atoms with van der Waals surface area (Å²) in [4.78, 5) is 10.5. The predicted molar refractivity (Wildman–Crippen MR) is 76.8 cm³/mol. The smallest absolute Gasteiger partial charge is 0.310 e. The highest BCUT2D eigenvalue weighted by Crippen LogP contribution is 2.28. The summed E-state index contributed by atoms with van der Waals surface area (Å²) in [7, 11) is 0. The van der Waals surface area contributed by atoms with Crippen LogP contribution in [0.1, 0.15) is 25.8 Å². The van der Waals surface area contributed by atoms with Crippen molar-refractivity contribution in [3.63, 3.8) is 0 Å². The Balaban J connectivity index is 2.73. The van der Waals surface area contributed by atoms with E-state index in [0.717, 1.165) is 12.1 Å². The van der Waals surface area contributed by atoms with Crippen LogP contribution in [0.4, 0.5) is 5.69 Å². The lowest BCUT2D eigenvalue weighted by atomic mass is 10.1. The molecule has 0 aliphatic carbocycles. The quantitative estimate of drug-likeness (QED) is 0.411. The van der Waals surface area contributed by atoms with Crippen LogP contribution in [0.5, 0.6) is 5.75 Å². The molecule has 20 heavy (non-hydrogen) atoms. The van der Waals surface area contributed by atoms with E-state index in [4.69, 9.17) is 9.84 Å². The zero-order valence-electron chi connectivity index (χ0n) is 12.0.